The van der Waals surface area contributed by atoms with Crippen molar-refractivity contribution in [3.8, 4) is 6.07 Å². The van der Waals surface area contributed by atoms with Gasteiger partial charge < -0.3 is 4.74 Å². The van der Waals surface area contributed by atoms with Gasteiger partial charge in [-0.25, -0.2) is 0 Å². The normalized spacial score (nSPS) is 9.76. The van der Waals surface area contributed by atoms with Crippen molar-refractivity contribution in [1.29, 1.82) is 5.26 Å². The lowest BCUT2D eigenvalue weighted by Crippen LogP contribution is -2.09. The summed E-state index contributed by atoms with van der Waals surface area (Å²) in [6.45, 7) is 2.07. The summed E-state index contributed by atoms with van der Waals surface area (Å²) in [6.07, 6.45) is 0.0834. The molecule has 90 valence electrons. The molecule has 0 saturated heterocycles. The molecule has 0 bridgehead atoms. The van der Waals surface area contributed by atoms with E-state index in [4.69, 9.17) is 21.6 Å². The summed E-state index contributed by atoms with van der Waals surface area (Å²) in [5.41, 5.74) is 1.80. The smallest absolute Gasteiger partial charge is 0.310 e. The minimum atomic E-state index is -0.345. The molecule has 0 atom stereocenters. The fraction of sp³-hybridized carbons (Fsp3) is 0.333. The maximum absolute atomic E-state index is 11.4. The Morgan fingerprint density at radius 3 is 2.71 bits per heavy atom. The average molecular weight is 317 g/mol. The first-order valence-corrected chi connectivity index (χ1v) is 6.38. The molecule has 0 N–H and O–H groups in total. The van der Waals surface area contributed by atoms with Gasteiger partial charge in [-0.15, -0.1) is 11.6 Å². The Bertz CT molecular complexity index is 468. The van der Waals surface area contributed by atoms with E-state index in [0.29, 0.717) is 23.3 Å². The molecule has 5 heteroatoms. The van der Waals surface area contributed by atoms with Crippen molar-refractivity contribution in [1.82, 2.24) is 0 Å². The molecule has 1 aromatic carbocycles. The number of esters is 1. The van der Waals surface area contributed by atoms with Gasteiger partial charge in [0.2, 0.25) is 0 Å². The predicted molar refractivity (Wildman–Crippen MR) is 68.8 cm³/mol. The Balaban J connectivity index is 3.10. The van der Waals surface area contributed by atoms with Crippen molar-refractivity contribution in [2.24, 2.45) is 0 Å². The molecule has 0 spiro atoms. The zero-order valence-electron chi connectivity index (χ0n) is 9.30. The number of ether oxygens (including phenoxy) is 1. The summed E-state index contributed by atoms with van der Waals surface area (Å²) in [5.74, 6) is -0.111. The highest BCUT2D eigenvalue weighted by atomic mass is 79.9. The average Bonchev–Trinajstić information content (AvgIpc) is 2.28. The number of hydrogen-bond acceptors (Lipinski definition) is 3. The topological polar surface area (TPSA) is 50.1 Å². The molecule has 0 aromatic heterocycles. The van der Waals surface area contributed by atoms with Crippen molar-refractivity contribution in [2.75, 3.05) is 6.61 Å². The van der Waals surface area contributed by atoms with Gasteiger partial charge in [-0.3, -0.25) is 4.79 Å². The molecule has 0 unspecified atom stereocenters. The van der Waals surface area contributed by atoms with E-state index in [-0.39, 0.29) is 18.3 Å². The third-order valence-corrected chi connectivity index (χ3v) is 2.91. The van der Waals surface area contributed by atoms with Gasteiger partial charge in [0.25, 0.3) is 0 Å². The van der Waals surface area contributed by atoms with Crippen molar-refractivity contribution in [3.63, 3.8) is 0 Å². The molecule has 0 radical (unpaired) electrons. The molecule has 0 aliphatic rings. The monoisotopic (exact) mass is 315 g/mol. The summed E-state index contributed by atoms with van der Waals surface area (Å²) in [5, 5.41) is 9.09. The summed E-state index contributed by atoms with van der Waals surface area (Å²) in [6, 6.07) is 5.60. The lowest BCUT2D eigenvalue weighted by Gasteiger charge is -2.08. The molecule has 1 aromatic rings. The van der Waals surface area contributed by atoms with Crippen LogP contribution in [-0.2, 0) is 21.8 Å². The number of nitrogens with zero attached hydrogens (tertiary/aromatic N) is 1. The van der Waals surface area contributed by atoms with Gasteiger partial charge in [-0.05, 0) is 30.2 Å². The SMILES string of the molecule is CCOC(=O)Cc1cc(Br)cc(CCl)c1C#N. The minimum absolute atomic E-state index is 0.0834. The highest BCUT2D eigenvalue weighted by Gasteiger charge is 2.13. The molecular formula is C12H11BrClNO2. The number of benzene rings is 1. The van der Waals surface area contributed by atoms with E-state index >= 15 is 0 Å². The van der Waals surface area contributed by atoms with E-state index in [0.717, 1.165) is 4.47 Å². The van der Waals surface area contributed by atoms with E-state index in [2.05, 4.69) is 22.0 Å². The number of hydrogen-bond donors (Lipinski definition) is 0. The standard InChI is InChI=1S/C12H11BrClNO2/c1-2-17-12(16)5-8-3-10(13)4-9(6-14)11(8)7-15/h3-4H,2,5-6H2,1H3. The Labute approximate surface area is 113 Å². The summed E-state index contributed by atoms with van der Waals surface area (Å²) in [4.78, 5) is 11.4. The first-order valence-electron chi connectivity index (χ1n) is 5.05. The number of halogens is 2. The van der Waals surface area contributed by atoms with Crippen molar-refractivity contribution in [3.05, 3.63) is 33.3 Å². The maximum Gasteiger partial charge on any atom is 0.310 e. The second-order valence-electron chi connectivity index (χ2n) is 3.33. The van der Waals surface area contributed by atoms with Crippen molar-refractivity contribution in [2.45, 2.75) is 19.2 Å². The summed E-state index contributed by atoms with van der Waals surface area (Å²) >= 11 is 9.09. The first kappa shape index (κ1) is 14.0. The molecule has 0 saturated carbocycles. The van der Waals surface area contributed by atoms with Crippen LogP contribution < -0.4 is 0 Å². The zero-order chi connectivity index (χ0) is 12.8. The van der Waals surface area contributed by atoms with Crippen LogP contribution in [0.2, 0.25) is 0 Å². The molecule has 0 fully saturated rings. The van der Waals surface area contributed by atoms with Crippen LogP contribution in [0.1, 0.15) is 23.6 Å². The van der Waals surface area contributed by atoms with Gasteiger partial charge in [0, 0.05) is 10.4 Å². The van der Waals surface area contributed by atoms with E-state index < -0.39 is 0 Å². The Kier molecular flexibility index (Phi) is 5.46. The van der Waals surface area contributed by atoms with E-state index in [1.807, 2.05) is 0 Å². The van der Waals surface area contributed by atoms with Crippen molar-refractivity contribution < 1.29 is 9.53 Å². The molecular weight excluding hydrogens is 305 g/mol. The number of alkyl halides is 1. The van der Waals surface area contributed by atoms with Crippen LogP contribution >= 0.6 is 27.5 Å². The van der Waals surface area contributed by atoms with Gasteiger partial charge in [0.05, 0.1) is 24.7 Å². The zero-order valence-corrected chi connectivity index (χ0v) is 11.6. The lowest BCUT2D eigenvalue weighted by atomic mass is 10.0. The maximum atomic E-state index is 11.4. The van der Waals surface area contributed by atoms with Crippen LogP contribution in [0.15, 0.2) is 16.6 Å². The van der Waals surface area contributed by atoms with Gasteiger partial charge in [-0.2, -0.15) is 5.26 Å². The third-order valence-electron chi connectivity index (χ3n) is 2.16. The van der Waals surface area contributed by atoms with Crippen LogP contribution in [0, 0.1) is 11.3 Å². The summed E-state index contributed by atoms with van der Waals surface area (Å²) in [7, 11) is 0. The fourth-order valence-electron chi connectivity index (χ4n) is 1.48. The predicted octanol–water partition coefficient (Wildman–Crippen LogP) is 3.17. The summed E-state index contributed by atoms with van der Waals surface area (Å²) < 4.78 is 5.66. The fourth-order valence-corrected chi connectivity index (χ4v) is 2.24. The first-order chi connectivity index (χ1) is 8.12. The van der Waals surface area contributed by atoms with Crippen LogP contribution in [0.25, 0.3) is 0 Å². The van der Waals surface area contributed by atoms with Crippen molar-refractivity contribution >= 4 is 33.5 Å². The number of carbonyl (C=O) groups excluding carboxylic acids is 1. The minimum Gasteiger partial charge on any atom is -0.466 e. The molecule has 3 nitrogen and oxygen atoms in total. The molecule has 0 heterocycles. The Hall–Kier alpha value is -1.05. The second kappa shape index (κ2) is 6.63. The third kappa shape index (κ3) is 3.72. The largest absolute Gasteiger partial charge is 0.466 e. The molecule has 0 aliphatic heterocycles. The molecule has 0 amide bonds. The van der Waals surface area contributed by atoms with Crippen LogP contribution in [-0.4, -0.2) is 12.6 Å². The van der Waals surface area contributed by atoms with Gasteiger partial charge in [0.15, 0.2) is 0 Å². The second-order valence-corrected chi connectivity index (χ2v) is 4.51. The Morgan fingerprint density at radius 2 is 2.18 bits per heavy atom. The number of carbonyl (C=O) groups is 1. The number of rotatable bonds is 4. The number of nitriles is 1. The molecule has 1 rings (SSSR count). The van der Waals surface area contributed by atoms with E-state index in [1.54, 1.807) is 19.1 Å². The van der Waals surface area contributed by atoms with Gasteiger partial charge in [0.1, 0.15) is 0 Å². The quantitative estimate of drug-likeness (QED) is 0.633. The highest BCUT2D eigenvalue weighted by molar-refractivity contribution is 9.10. The van der Waals surface area contributed by atoms with Gasteiger partial charge in [-0.1, -0.05) is 15.9 Å². The lowest BCUT2D eigenvalue weighted by molar-refractivity contribution is -0.142. The molecule has 0 aliphatic carbocycles. The van der Waals surface area contributed by atoms with Gasteiger partial charge >= 0.3 is 5.97 Å². The molecule has 17 heavy (non-hydrogen) atoms. The van der Waals surface area contributed by atoms with Crippen LogP contribution in [0.4, 0.5) is 0 Å². The van der Waals surface area contributed by atoms with E-state index in [1.165, 1.54) is 0 Å². The Morgan fingerprint density at radius 1 is 1.53 bits per heavy atom. The highest BCUT2D eigenvalue weighted by Crippen LogP contribution is 2.23. The van der Waals surface area contributed by atoms with E-state index in [9.17, 15) is 4.79 Å². The van der Waals surface area contributed by atoms with Crippen LogP contribution in [0.3, 0.4) is 0 Å². The van der Waals surface area contributed by atoms with Crippen LogP contribution in [0.5, 0.6) is 0 Å².